The van der Waals surface area contributed by atoms with E-state index in [1.807, 2.05) is 0 Å². The molecule has 1 unspecified atom stereocenters. The Balaban J connectivity index is 4.05. The second-order valence-electron chi connectivity index (χ2n) is 5.68. The maximum atomic E-state index is 5.90. The van der Waals surface area contributed by atoms with Crippen LogP contribution in [0.2, 0.25) is 0 Å². The van der Waals surface area contributed by atoms with Gasteiger partial charge in [-0.25, -0.2) is 0 Å². The van der Waals surface area contributed by atoms with Crippen LogP contribution in [0.3, 0.4) is 0 Å². The lowest BCUT2D eigenvalue weighted by Crippen LogP contribution is -2.30. The molecule has 0 bridgehead atoms. The lowest BCUT2D eigenvalue weighted by atomic mass is 9.90. The van der Waals surface area contributed by atoms with Crippen molar-refractivity contribution in [3.8, 4) is 0 Å². The van der Waals surface area contributed by atoms with Crippen LogP contribution in [-0.4, -0.2) is 24.4 Å². The second kappa shape index (κ2) is 8.10. The van der Waals surface area contributed by atoms with Crippen LogP contribution in [-0.2, 0) is 9.47 Å². The van der Waals surface area contributed by atoms with E-state index in [2.05, 4.69) is 41.5 Å². The van der Waals surface area contributed by atoms with Gasteiger partial charge in [-0.1, -0.05) is 13.3 Å². The first-order chi connectivity index (χ1) is 7.89. The molecule has 0 aliphatic carbocycles. The van der Waals surface area contributed by atoms with Crippen molar-refractivity contribution in [2.75, 3.05) is 13.2 Å². The van der Waals surface area contributed by atoms with Crippen molar-refractivity contribution in [2.24, 2.45) is 0 Å². The highest BCUT2D eigenvalue weighted by Gasteiger charge is 2.25. The van der Waals surface area contributed by atoms with Gasteiger partial charge in [-0.15, -0.1) is 0 Å². The molecule has 0 heterocycles. The number of hydrogen-bond donors (Lipinski definition) is 0. The van der Waals surface area contributed by atoms with Crippen molar-refractivity contribution < 1.29 is 9.47 Å². The predicted molar refractivity (Wildman–Crippen MR) is 74.5 cm³/mol. The normalized spacial score (nSPS) is 15.9. The average Bonchev–Trinajstić information content (AvgIpc) is 2.17. The van der Waals surface area contributed by atoms with Crippen LogP contribution in [0.4, 0.5) is 0 Å². The quantitative estimate of drug-likeness (QED) is 0.560. The van der Waals surface area contributed by atoms with E-state index in [4.69, 9.17) is 9.47 Å². The molecule has 0 aliphatic heterocycles. The monoisotopic (exact) mass is 244 g/mol. The maximum absolute atomic E-state index is 5.90. The molecular formula is C15H32O2. The summed E-state index contributed by atoms with van der Waals surface area (Å²) in [7, 11) is 0. The first-order valence-electron chi connectivity index (χ1n) is 7.17. The maximum Gasteiger partial charge on any atom is 0.0654 e. The molecule has 0 aromatic carbocycles. The van der Waals surface area contributed by atoms with Crippen molar-refractivity contribution >= 4 is 0 Å². The Bertz CT molecular complexity index is 181. The fourth-order valence-corrected chi connectivity index (χ4v) is 2.50. The van der Waals surface area contributed by atoms with Crippen LogP contribution < -0.4 is 0 Å². The zero-order chi connectivity index (χ0) is 13.4. The molecule has 2 nitrogen and oxygen atoms in total. The first-order valence-corrected chi connectivity index (χ1v) is 7.17. The molecule has 0 spiro atoms. The van der Waals surface area contributed by atoms with Gasteiger partial charge in [-0.2, -0.15) is 0 Å². The van der Waals surface area contributed by atoms with Crippen LogP contribution in [0.1, 0.15) is 73.6 Å². The summed E-state index contributed by atoms with van der Waals surface area (Å²) in [4.78, 5) is 0. The lowest BCUT2D eigenvalue weighted by molar-refractivity contribution is -0.0507. The van der Waals surface area contributed by atoms with Crippen LogP contribution in [0, 0.1) is 0 Å². The summed E-state index contributed by atoms with van der Waals surface area (Å²) in [6, 6.07) is 0. The highest BCUT2D eigenvalue weighted by atomic mass is 16.5. The third-order valence-electron chi connectivity index (χ3n) is 3.29. The smallest absolute Gasteiger partial charge is 0.0654 e. The summed E-state index contributed by atoms with van der Waals surface area (Å²) in [6.45, 7) is 14.6. The molecule has 0 aromatic heterocycles. The fraction of sp³-hybridized carbons (Fsp3) is 1.00. The minimum absolute atomic E-state index is 0.00803. The molecule has 0 saturated carbocycles. The molecule has 0 rings (SSSR count). The van der Waals surface area contributed by atoms with Crippen molar-refractivity contribution in [1.82, 2.24) is 0 Å². The third-order valence-corrected chi connectivity index (χ3v) is 3.29. The van der Waals surface area contributed by atoms with Crippen LogP contribution >= 0.6 is 0 Å². The van der Waals surface area contributed by atoms with E-state index in [9.17, 15) is 0 Å². The Labute approximate surface area is 108 Å². The molecule has 0 radical (unpaired) electrons. The van der Waals surface area contributed by atoms with Crippen LogP contribution in [0.25, 0.3) is 0 Å². The van der Waals surface area contributed by atoms with E-state index in [1.54, 1.807) is 0 Å². The number of hydrogen-bond acceptors (Lipinski definition) is 2. The van der Waals surface area contributed by atoms with E-state index < -0.39 is 0 Å². The molecular weight excluding hydrogens is 212 g/mol. The van der Waals surface area contributed by atoms with Gasteiger partial charge in [-0.3, -0.25) is 0 Å². The van der Waals surface area contributed by atoms with Crippen molar-refractivity contribution in [1.29, 1.82) is 0 Å². The van der Waals surface area contributed by atoms with Gasteiger partial charge in [0, 0.05) is 13.2 Å². The molecule has 0 fully saturated rings. The fourth-order valence-electron chi connectivity index (χ4n) is 2.50. The average molecular weight is 244 g/mol. The Morgan fingerprint density at radius 2 is 1.35 bits per heavy atom. The molecule has 2 heteroatoms. The number of rotatable bonds is 10. The first kappa shape index (κ1) is 16.9. The third kappa shape index (κ3) is 7.77. The molecule has 0 aliphatic rings. The Hall–Kier alpha value is -0.0800. The van der Waals surface area contributed by atoms with E-state index in [0.29, 0.717) is 0 Å². The summed E-state index contributed by atoms with van der Waals surface area (Å²) in [5.74, 6) is 0. The predicted octanol–water partition coefficient (Wildman–Crippen LogP) is 4.57. The van der Waals surface area contributed by atoms with Crippen molar-refractivity contribution in [3.63, 3.8) is 0 Å². The van der Waals surface area contributed by atoms with Crippen LogP contribution in [0.15, 0.2) is 0 Å². The van der Waals surface area contributed by atoms with E-state index >= 15 is 0 Å². The van der Waals surface area contributed by atoms with Crippen molar-refractivity contribution in [2.45, 2.75) is 84.8 Å². The lowest BCUT2D eigenvalue weighted by Gasteiger charge is -2.31. The minimum Gasteiger partial charge on any atom is -0.376 e. The standard InChI is InChI=1S/C15H32O2/c1-7-11-15(6,17-9-3)13-10-12-14(4,5)16-8-2/h7-13H2,1-6H3. The van der Waals surface area contributed by atoms with E-state index in [1.165, 1.54) is 12.8 Å². The summed E-state index contributed by atoms with van der Waals surface area (Å²) >= 11 is 0. The SMILES string of the molecule is CCCC(C)(CCCC(C)(C)OCC)OCC. The summed E-state index contributed by atoms with van der Waals surface area (Å²) in [5, 5.41) is 0. The Kier molecular flexibility index (Phi) is 8.06. The molecule has 17 heavy (non-hydrogen) atoms. The largest absolute Gasteiger partial charge is 0.376 e. The molecule has 104 valence electrons. The number of ether oxygens (including phenoxy) is 2. The minimum atomic E-state index is 0.00803. The summed E-state index contributed by atoms with van der Waals surface area (Å²) < 4.78 is 11.6. The van der Waals surface area contributed by atoms with Gasteiger partial charge in [0.15, 0.2) is 0 Å². The van der Waals surface area contributed by atoms with Gasteiger partial charge in [-0.05, 0) is 60.3 Å². The highest BCUT2D eigenvalue weighted by molar-refractivity contribution is 4.77. The zero-order valence-corrected chi connectivity index (χ0v) is 12.8. The van der Waals surface area contributed by atoms with Crippen LogP contribution in [0.5, 0.6) is 0 Å². The second-order valence-corrected chi connectivity index (χ2v) is 5.68. The summed E-state index contributed by atoms with van der Waals surface area (Å²) in [5.41, 5.74) is 0.0693. The van der Waals surface area contributed by atoms with Gasteiger partial charge in [0.25, 0.3) is 0 Å². The van der Waals surface area contributed by atoms with Gasteiger partial charge in [0.05, 0.1) is 11.2 Å². The van der Waals surface area contributed by atoms with E-state index in [0.717, 1.165) is 32.5 Å². The molecule has 1 atom stereocenters. The van der Waals surface area contributed by atoms with Gasteiger partial charge < -0.3 is 9.47 Å². The Morgan fingerprint density at radius 3 is 1.82 bits per heavy atom. The van der Waals surface area contributed by atoms with Crippen molar-refractivity contribution in [3.05, 3.63) is 0 Å². The van der Waals surface area contributed by atoms with Gasteiger partial charge >= 0.3 is 0 Å². The summed E-state index contributed by atoms with van der Waals surface area (Å²) in [6.07, 6.45) is 5.74. The molecule has 0 amide bonds. The molecule has 0 aromatic rings. The van der Waals surface area contributed by atoms with Gasteiger partial charge in [0.2, 0.25) is 0 Å². The molecule has 0 saturated heterocycles. The molecule has 0 N–H and O–H groups in total. The Morgan fingerprint density at radius 1 is 0.765 bits per heavy atom. The van der Waals surface area contributed by atoms with E-state index in [-0.39, 0.29) is 11.2 Å². The topological polar surface area (TPSA) is 18.5 Å². The van der Waals surface area contributed by atoms with Gasteiger partial charge in [0.1, 0.15) is 0 Å². The highest BCUT2D eigenvalue weighted by Crippen LogP contribution is 2.27. The zero-order valence-electron chi connectivity index (χ0n) is 12.8.